The Hall–Kier alpha value is -3.09. The second-order valence-corrected chi connectivity index (χ2v) is 6.76. The van der Waals surface area contributed by atoms with Crippen molar-refractivity contribution in [2.24, 2.45) is 0 Å². The smallest absolute Gasteiger partial charge is 0.232 e. The van der Waals surface area contributed by atoms with E-state index in [0.717, 1.165) is 23.3 Å². The maximum Gasteiger partial charge on any atom is 0.232 e. The summed E-state index contributed by atoms with van der Waals surface area (Å²) in [5.41, 5.74) is 3.45. The highest BCUT2D eigenvalue weighted by molar-refractivity contribution is 5.96. The van der Waals surface area contributed by atoms with E-state index in [4.69, 9.17) is 4.52 Å². The SMILES string of the molecule is Cc1ccc(-c2noc(C3CC(=O)N(c4ccc(F)c(F)c4)C3)n2)cc1C. The maximum absolute atomic E-state index is 13.5. The average Bonchev–Trinajstić information content (AvgIpc) is 3.27. The molecule has 1 saturated heterocycles. The van der Waals surface area contributed by atoms with Gasteiger partial charge in [-0.15, -0.1) is 0 Å². The van der Waals surface area contributed by atoms with Gasteiger partial charge in [0, 0.05) is 30.3 Å². The molecule has 5 nitrogen and oxygen atoms in total. The molecular weight excluding hydrogens is 352 g/mol. The van der Waals surface area contributed by atoms with Gasteiger partial charge in [-0.25, -0.2) is 8.78 Å². The summed E-state index contributed by atoms with van der Waals surface area (Å²) < 4.78 is 32.0. The Bertz CT molecular complexity index is 1030. The summed E-state index contributed by atoms with van der Waals surface area (Å²) in [7, 11) is 0. The van der Waals surface area contributed by atoms with E-state index in [1.54, 1.807) is 0 Å². The quantitative estimate of drug-likeness (QED) is 0.696. The summed E-state index contributed by atoms with van der Waals surface area (Å²) in [6.45, 7) is 4.31. The van der Waals surface area contributed by atoms with E-state index < -0.39 is 11.6 Å². The van der Waals surface area contributed by atoms with E-state index in [1.165, 1.54) is 16.5 Å². The van der Waals surface area contributed by atoms with Crippen molar-refractivity contribution >= 4 is 11.6 Å². The Morgan fingerprint density at radius 1 is 1.07 bits per heavy atom. The predicted molar refractivity (Wildman–Crippen MR) is 95.3 cm³/mol. The fourth-order valence-electron chi connectivity index (χ4n) is 3.17. The van der Waals surface area contributed by atoms with E-state index in [2.05, 4.69) is 10.1 Å². The number of hydrogen-bond acceptors (Lipinski definition) is 4. The Morgan fingerprint density at radius 2 is 1.89 bits per heavy atom. The Morgan fingerprint density at radius 3 is 2.63 bits per heavy atom. The molecule has 1 fully saturated rings. The van der Waals surface area contributed by atoms with Gasteiger partial charge in [-0.3, -0.25) is 4.79 Å². The highest BCUT2D eigenvalue weighted by Crippen LogP contribution is 2.32. The molecule has 27 heavy (non-hydrogen) atoms. The molecule has 0 N–H and O–H groups in total. The molecule has 0 radical (unpaired) electrons. The average molecular weight is 369 g/mol. The minimum atomic E-state index is -0.987. The lowest BCUT2D eigenvalue weighted by Gasteiger charge is -2.16. The standard InChI is InChI=1S/C20H17F2N3O2/c1-11-3-4-13(7-12(11)2)19-23-20(27-24-19)14-8-18(26)25(10-14)15-5-6-16(21)17(22)9-15/h3-7,9,14H,8,10H2,1-2H3. The number of aryl methyl sites for hydroxylation is 2. The molecule has 1 aliphatic rings. The molecule has 0 aliphatic carbocycles. The predicted octanol–water partition coefficient (Wildman–Crippen LogP) is 4.15. The first kappa shape index (κ1) is 17.3. The molecule has 7 heteroatoms. The fraction of sp³-hybridized carbons (Fsp3) is 0.250. The summed E-state index contributed by atoms with van der Waals surface area (Å²) in [5.74, 6) is -1.60. The van der Waals surface area contributed by atoms with Gasteiger partial charge in [-0.05, 0) is 43.2 Å². The van der Waals surface area contributed by atoms with Gasteiger partial charge in [0.2, 0.25) is 17.6 Å². The zero-order valence-corrected chi connectivity index (χ0v) is 14.9. The maximum atomic E-state index is 13.5. The third-order valence-corrected chi connectivity index (χ3v) is 4.90. The van der Waals surface area contributed by atoms with Crippen molar-refractivity contribution in [1.82, 2.24) is 10.1 Å². The van der Waals surface area contributed by atoms with Crippen LogP contribution < -0.4 is 4.90 Å². The topological polar surface area (TPSA) is 59.2 Å². The monoisotopic (exact) mass is 369 g/mol. The van der Waals surface area contributed by atoms with Gasteiger partial charge in [-0.2, -0.15) is 4.98 Å². The molecule has 1 aromatic heterocycles. The van der Waals surface area contributed by atoms with Crippen LogP contribution in [0.5, 0.6) is 0 Å². The van der Waals surface area contributed by atoms with Gasteiger partial charge < -0.3 is 9.42 Å². The van der Waals surface area contributed by atoms with E-state index in [9.17, 15) is 13.6 Å². The first-order chi connectivity index (χ1) is 12.9. The van der Waals surface area contributed by atoms with Crippen molar-refractivity contribution in [2.75, 3.05) is 11.4 Å². The highest BCUT2D eigenvalue weighted by atomic mass is 19.2. The molecular formula is C20H17F2N3O2. The van der Waals surface area contributed by atoms with Crippen LogP contribution in [0.2, 0.25) is 0 Å². The van der Waals surface area contributed by atoms with Crippen molar-refractivity contribution in [2.45, 2.75) is 26.2 Å². The van der Waals surface area contributed by atoms with E-state index >= 15 is 0 Å². The van der Waals surface area contributed by atoms with Gasteiger partial charge in [-0.1, -0.05) is 17.3 Å². The molecule has 1 amide bonds. The van der Waals surface area contributed by atoms with Crippen molar-refractivity contribution < 1.29 is 18.1 Å². The molecule has 1 aliphatic heterocycles. The van der Waals surface area contributed by atoms with Crippen LogP contribution in [0.1, 0.15) is 29.4 Å². The molecule has 138 valence electrons. The molecule has 3 aromatic rings. The largest absolute Gasteiger partial charge is 0.339 e. The zero-order valence-electron chi connectivity index (χ0n) is 14.9. The number of carbonyl (C=O) groups is 1. The number of hydrogen-bond donors (Lipinski definition) is 0. The molecule has 1 unspecified atom stereocenters. The summed E-state index contributed by atoms with van der Waals surface area (Å²) in [6.07, 6.45) is 0.174. The lowest BCUT2D eigenvalue weighted by atomic mass is 10.1. The first-order valence-corrected chi connectivity index (χ1v) is 8.59. The first-order valence-electron chi connectivity index (χ1n) is 8.59. The third-order valence-electron chi connectivity index (χ3n) is 4.90. The van der Waals surface area contributed by atoms with Crippen molar-refractivity contribution in [1.29, 1.82) is 0 Å². The molecule has 0 spiro atoms. The molecule has 0 bridgehead atoms. The Labute approximate surface area is 154 Å². The minimum Gasteiger partial charge on any atom is -0.339 e. The van der Waals surface area contributed by atoms with Crippen LogP contribution in [0.25, 0.3) is 11.4 Å². The van der Waals surface area contributed by atoms with Crippen LogP contribution in [-0.2, 0) is 4.79 Å². The number of nitrogens with zero attached hydrogens (tertiary/aromatic N) is 3. The lowest BCUT2D eigenvalue weighted by molar-refractivity contribution is -0.117. The van der Waals surface area contributed by atoms with Gasteiger partial charge in [0.05, 0.1) is 5.92 Å². The lowest BCUT2D eigenvalue weighted by Crippen LogP contribution is -2.24. The van der Waals surface area contributed by atoms with Crippen LogP contribution in [0.4, 0.5) is 14.5 Å². The molecule has 4 rings (SSSR count). The van der Waals surface area contributed by atoms with E-state index in [-0.39, 0.29) is 24.8 Å². The van der Waals surface area contributed by atoms with Crippen LogP contribution in [0.15, 0.2) is 40.9 Å². The van der Waals surface area contributed by atoms with Crippen molar-refractivity contribution in [3.05, 3.63) is 65.1 Å². The van der Waals surface area contributed by atoms with Crippen LogP contribution in [0.3, 0.4) is 0 Å². The van der Waals surface area contributed by atoms with Crippen molar-refractivity contribution in [3.8, 4) is 11.4 Å². The van der Waals surface area contributed by atoms with Gasteiger partial charge >= 0.3 is 0 Å². The zero-order chi connectivity index (χ0) is 19.1. The second kappa shape index (κ2) is 6.57. The summed E-state index contributed by atoms with van der Waals surface area (Å²) in [5, 5.41) is 4.02. The molecule has 2 heterocycles. The highest BCUT2D eigenvalue weighted by Gasteiger charge is 2.35. The number of anilines is 1. The Balaban J connectivity index is 1.56. The van der Waals surface area contributed by atoms with Crippen LogP contribution in [0, 0.1) is 25.5 Å². The number of benzene rings is 2. The van der Waals surface area contributed by atoms with E-state index in [0.29, 0.717) is 17.4 Å². The van der Waals surface area contributed by atoms with Crippen molar-refractivity contribution in [3.63, 3.8) is 0 Å². The van der Waals surface area contributed by atoms with Crippen LogP contribution >= 0.6 is 0 Å². The Kier molecular flexibility index (Phi) is 4.22. The number of halogens is 2. The number of carbonyl (C=O) groups excluding carboxylic acids is 1. The number of rotatable bonds is 3. The van der Waals surface area contributed by atoms with E-state index in [1.807, 2.05) is 32.0 Å². The third kappa shape index (κ3) is 3.20. The summed E-state index contributed by atoms with van der Waals surface area (Å²) in [6, 6.07) is 9.30. The normalized spacial score (nSPS) is 17.0. The second-order valence-electron chi connectivity index (χ2n) is 6.76. The van der Waals surface area contributed by atoms with Gasteiger partial charge in [0.15, 0.2) is 11.6 Å². The molecule has 1 atom stereocenters. The van der Waals surface area contributed by atoms with Crippen LogP contribution in [-0.4, -0.2) is 22.6 Å². The van der Waals surface area contributed by atoms with Gasteiger partial charge in [0.25, 0.3) is 0 Å². The molecule has 0 saturated carbocycles. The summed E-state index contributed by atoms with van der Waals surface area (Å²) in [4.78, 5) is 18.2. The number of aromatic nitrogens is 2. The molecule has 2 aromatic carbocycles. The fourth-order valence-corrected chi connectivity index (χ4v) is 3.17. The van der Waals surface area contributed by atoms with Gasteiger partial charge in [0.1, 0.15) is 0 Å². The number of amides is 1. The summed E-state index contributed by atoms with van der Waals surface area (Å²) >= 11 is 0. The minimum absolute atomic E-state index is 0.174.